The summed E-state index contributed by atoms with van der Waals surface area (Å²) in [5.41, 5.74) is 0. The number of rotatable bonds is 7. The van der Waals surface area contributed by atoms with Crippen LogP contribution in [-0.4, -0.2) is 55.2 Å². The molecule has 0 radical (unpaired) electrons. The molecule has 0 saturated carbocycles. The van der Waals surface area contributed by atoms with Crippen LogP contribution < -0.4 is 5.32 Å². The van der Waals surface area contributed by atoms with E-state index in [0.717, 1.165) is 12.2 Å². The molecule has 0 saturated heterocycles. The average molecular weight is 272 g/mol. The molecule has 102 valence electrons. The molecule has 1 unspecified atom stereocenters. The van der Waals surface area contributed by atoms with Crippen molar-refractivity contribution in [1.29, 1.82) is 0 Å². The summed E-state index contributed by atoms with van der Waals surface area (Å²) in [7, 11) is 1.63. The van der Waals surface area contributed by atoms with Crippen molar-refractivity contribution >= 4 is 17.7 Å². The topological polar surface area (TPSA) is 32.3 Å². The Hall–Kier alpha value is -0.430. The third-order valence-corrected chi connectivity index (χ3v) is 3.09. The maximum Gasteiger partial charge on any atom is 0.401 e. The van der Waals surface area contributed by atoms with Crippen molar-refractivity contribution in [2.75, 3.05) is 32.1 Å². The molecule has 0 heterocycles. The van der Waals surface area contributed by atoms with Crippen LogP contribution in [-0.2, 0) is 4.79 Å². The van der Waals surface area contributed by atoms with Crippen LogP contribution in [0, 0.1) is 0 Å². The second kappa shape index (κ2) is 7.81. The summed E-state index contributed by atoms with van der Waals surface area (Å²) in [6.45, 7) is 0.542. The highest BCUT2D eigenvalue weighted by Gasteiger charge is 2.27. The zero-order chi connectivity index (χ0) is 13.5. The molecule has 0 aromatic rings. The quantitative estimate of drug-likeness (QED) is 0.766. The van der Waals surface area contributed by atoms with E-state index in [1.807, 2.05) is 13.2 Å². The number of carbonyl (C=O) groups excluding carboxylic acids is 1. The van der Waals surface area contributed by atoms with Crippen molar-refractivity contribution in [3.8, 4) is 0 Å². The third kappa shape index (κ3) is 7.49. The van der Waals surface area contributed by atoms with Gasteiger partial charge in [-0.15, -0.1) is 0 Å². The van der Waals surface area contributed by atoms with Gasteiger partial charge in [-0.3, -0.25) is 4.79 Å². The monoisotopic (exact) mass is 272 g/mol. The van der Waals surface area contributed by atoms with Crippen molar-refractivity contribution in [2.24, 2.45) is 0 Å². The minimum atomic E-state index is -4.28. The number of alkyl halides is 3. The van der Waals surface area contributed by atoms with Gasteiger partial charge in [0.05, 0.1) is 13.1 Å². The van der Waals surface area contributed by atoms with Crippen molar-refractivity contribution < 1.29 is 18.0 Å². The third-order valence-electron chi connectivity index (χ3n) is 2.37. The first-order valence-electron chi connectivity index (χ1n) is 5.33. The number of halogens is 3. The Labute approximate surface area is 104 Å². The zero-order valence-electron chi connectivity index (χ0n) is 10.3. The number of nitrogens with zero attached hydrogens (tertiary/aromatic N) is 1. The Bertz CT molecular complexity index is 236. The highest BCUT2D eigenvalue weighted by atomic mass is 32.2. The molecule has 0 rings (SSSR count). The van der Waals surface area contributed by atoms with Gasteiger partial charge in [-0.2, -0.15) is 24.9 Å². The maximum atomic E-state index is 11.9. The van der Waals surface area contributed by atoms with Crippen LogP contribution in [0.2, 0.25) is 0 Å². The molecule has 17 heavy (non-hydrogen) atoms. The molecule has 0 bridgehead atoms. The van der Waals surface area contributed by atoms with E-state index in [0.29, 0.717) is 0 Å². The zero-order valence-corrected chi connectivity index (χ0v) is 11.1. The van der Waals surface area contributed by atoms with E-state index in [1.165, 1.54) is 4.90 Å². The van der Waals surface area contributed by atoms with Crippen molar-refractivity contribution in [3.63, 3.8) is 0 Å². The first-order valence-corrected chi connectivity index (χ1v) is 6.73. The standard InChI is InChI=1S/C10H19F3N2OS/c1-4-8(6-17-3)15(2)9(16)5-14-7-10(11,12)13/h8,14H,4-7H2,1-3H3. The predicted octanol–water partition coefficient (Wildman–Crippen LogP) is 1.74. The molecule has 0 aromatic heterocycles. The highest BCUT2D eigenvalue weighted by molar-refractivity contribution is 7.98. The molecule has 0 spiro atoms. The van der Waals surface area contributed by atoms with Crippen LogP contribution in [0.15, 0.2) is 0 Å². The number of thioether (sulfide) groups is 1. The van der Waals surface area contributed by atoms with Gasteiger partial charge >= 0.3 is 6.18 Å². The van der Waals surface area contributed by atoms with Gasteiger partial charge in [0.2, 0.25) is 5.91 Å². The Morgan fingerprint density at radius 1 is 1.47 bits per heavy atom. The van der Waals surface area contributed by atoms with Crippen LogP contribution in [0.4, 0.5) is 13.2 Å². The summed E-state index contributed by atoms with van der Waals surface area (Å²) in [6.07, 6.45) is -1.55. The summed E-state index contributed by atoms with van der Waals surface area (Å²) in [6, 6.07) is 0.0742. The van der Waals surface area contributed by atoms with Crippen molar-refractivity contribution in [3.05, 3.63) is 0 Å². The number of likely N-dealkylation sites (N-methyl/N-ethyl adjacent to an activating group) is 1. The fraction of sp³-hybridized carbons (Fsp3) is 0.900. The average Bonchev–Trinajstić information content (AvgIpc) is 2.23. The second-order valence-electron chi connectivity index (χ2n) is 3.74. The molecular formula is C10H19F3N2OS. The van der Waals surface area contributed by atoms with Gasteiger partial charge in [0.1, 0.15) is 0 Å². The number of amides is 1. The van der Waals surface area contributed by atoms with Gasteiger partial charge in [0.25, 0.3) is 0 Å². The van der Waals surface area contributed by atoms with Crippen LogP contribution in [0.3, 0.4) is 0 Å². The van der Waals surface area contributed by atoms with Gasteiger partial charge in [-0.05, 0) is 12.7 Å². The van der Waals surface area contributed by atoms with E-state index in [4.69, 9.17) is 0 Å². The van der Waals surface area contributed by atoms with Crippen LogP contribution >= 0.6 is 11.8 Å². The van der Waals surface area contributed by atoms with Crippen LogP contribution in [0.1, 0.15) is 13.3 Å². The summed E-state index contributed by atoms with van der Waals surface area (Å²) < 4.78 is 35.6. The Kier molecular flexibility index (Phi) is 7.61. The van der Waals surface area contributed by atoms with E-state index in [1.54, 1.807) is 18.8 Å². The van der Waals surface area contributed by atoms with Crippen molar-refractivity contribution in [1.82, 2.24) is 10.2 Å². The number of nitrogens with one attached hydrogen (secondary N) is 1. The smallest absolute Gasteiger partial charge is 0.341 e. The molecule has 3 nitrogen and oxygen atoms in total. The van der Waals surface area contributed by atoms with Gasteiger partial charge in [-0.25, -0.2) is 0 Å². The van der Waals surface area contributed by atoms with E-state index in [2.05, 4.69) is 5.32 Å². The van der Waals surface area contributed by atoms with Crippen molar-refractivity contribution in [2.45, 2.75) is 25.6 Å². The predicted molar refractivity (Wildman–Crippen MR) is 64.2 cm³/mol. The number of carbonyl (C=O) groups is 1. The van der Waals surface area contributed by atoms with Crippen LogP contribution in [0.25, 0.3) is 0 Å². The molecular weight excluding hydrogens is 253 g/mol. The fourth-order valence-corrected chi connectivity index (χ4v) is 2.18. The normalized spacial score (nSPS) is 13.5. The summed E-state index contributed by atoms with van der Waals surface area (Å²) in [4.78, 5) is 13.1. The fourth-order valence-electron chi connectivity index (χ4n) is 1.34. The Morgan fingerprint density at radius 3 is 2.47 bits per heavy atom. The van der Waals surface area contributed by atoms with E-state index in [-0.39, 0.29) is 18.5 Å². The van der Waals surface area contributed by atoms with Gasteiger partial charge in [0.15, 0.2) is 0 Å². The molecule has 1 amide bonds. The minimum Gasteiger partial charge on any atom is -0.341 e. The molecule has 1 N–H and O–H groups in total. The van der Waals surface area contributed by atoms with Crippen LogP contribution in [0.5, 0.6) is 0 Å². The summed E-state index contributed by atoms with van der Waals surface area (Å²) >= 11 is 1.61. The van der Waals surface area contributed by atoms with E-state index < -0.39 is 12.7 Å². The first kappa shape index (κ1) is 16.6. The molecule has 0 aliphatic heterocycles. The van der Waals surface area contributed by atoms with Gasteiger partial charge in [-0.1, -0.05) is 6.92 Å². The summed E-state index contributed by atoms with van der Waals surface area (Å²) in [5, 5.41) is 2.10. The minimum absolute atomic E-state index is 0.0742. The molecule has 0 aliphatic carbocycles. The molecule has 0 aliphatic rings. The van der Waals surface area contributed by atoms with E-state index in [9.17, 15) is 18.0 Å². The second-order valence-corrected chi connectivity index (χ2v) is 4.65. The molecule has 0 aromatic carbocycles. The summed E-state index contributed by atoms with van der Waals surface area (Å²) in [5.74, 6) is 0.480. The Balaban J connectivity index is 4.04. The number of hydrogen-bond acceptors (Lipinski definition) is 3. The number of hydrogen-bond donors (Lipinski definition) is 1. The molecule has 1 atom stereocenters. The molecule has 0 fully saturated rings. The highest BCUT2D eigenvalue weighted by Crippen LogP contribution is 2.12. The largest absolute Gasteiger partial charge is 0.401 e. The lowest BCUT2D eigenvalue weighted by molar-refractivity contribution is -0.134. The molecule has 7 heteroatoms. The SMILES string of the molecule is CCC(CSC)N(C)C(=O)CNCC(F)(F)F. The Morgan fingerprint density at radius 2 is 2.06 bits per heavy atom. The lowest BCUT2D eigenvalue weighted by Gasteiger charge is -2.27. The lowest BCUT2D eigenvalue weighted by Crippen LogP contribution is -2.44. The van der Waals surface area contributed by atoms with E-state index >= 15 is 0 Å². The van der Waals surface area contributed by atoms with Gasteiger partial charge < -0.3 is 10.2 Å². The van der Waals surface area contributed by atoms with Gasteiger partial charge in [0, 0.05) is 18.8 Å². The first-order chi connectivity index (χ1) is 7.81. The maximum absolute atomic E-state index is 11.9. The lowest BCUT2D eigenvalue weighted by atomic mass is 10.2.